The van der Waals surface area contributed by atoms with Gasteiger partial charge in [0.25, 0.3) is 0 Å². The summed E-state index contributed by atoms with van der Waals surface area (Å²) in [6, 6.07) is 4.10. The molecular formula is C14H21ClFNO. The van der Waals surface area contributed by atoms with Gasteiger partial charge in [0.2, 0.25) is 0 Å². The molecule has 4 heteroatoms. The largest absolute Gasteiger partial charge is 0.391 e. The van der Waals surface area contributed by atoms with Crippen LogP contribution in [0, 0.1) is 18.7 Å². The number of hydrogen-bond donors (Lipinski definition) is 2. The molecule has 0 bridgehead atoms. The molecule has 3 N–H and O–H groups in total. The summed E-state index contributed by atoms with van der Waals surface area (Å²) in [7, 11) is 0. The highest BCUT2D eigenvalue weighted by Crippen LogP contribution is 2.33. The Kier molecular flexibility index (Phi) is 5.57. The molecule has 2 rings (SSSR count). The van der Waals surface area contributed by atoms with E-state index in [0.717, 1.165) is 36.8 Å². The van der Waals surface area contributed by atoms with Gasteiger partial charge in [0.15, 0.2) is 0 Å². The van der Waals surface area contributed by atoms with Crippen molar-refractivity contribution in [3.05, 3.63) is 35.1 Å². The smallest absolute Gasteiger partial charge is 0.123 e. The number of hydrogen-bond acceptors (Lipinski definition) is 2. The first-order valence-electron chi connectivity index (χ1n) is 6.29. The predicted molar refractivity (Wildman–Crippen MR) is 73.3 cm³/mol. The molecule has 0 saturated heterocycles. The highest BCUT2D eigenvalue weighted by Gasteiger charge is 2.29. The quantitative estimate of drug-likeness (QED) is 0.889. The lowest BCUT2D eigenvalue weighted by Gasteiger charge is -2.25. The highest BCUT2D eigenvalue weighted by atomic mass is 35.5. The van der Waals surface area contributed by atoms with Gasteiger partial charge in [0.05, 0.1) is 12.1 Å². The number of benzene rings is 1. The van der Waals surface area contributed by atoms with Gasteiger partial charge in [-0.15, -0.1) is 12.4 Å². The topological polar surface area (TPSA) is 46.2 Å². The summed E-state index contributed by atoms with van der Waals surface area (Å²) in [5.41, 5.74) is 7.74. The number of halogens is 2. The molecule has 0 heterocycles. The normalized spacial score (nSPS) is 19.3. The summed E-state index contributed by atoms with van der Waals surface area (Å²) in [5, 5.41) is 10.2. The molecule has 1 aromatic rings. The van der Waals surface area contributed by atoms with Gasteiger partial charge in [-0.25, -0.2) is 4.39 Å². The summed E-state index contributed by atoms with van der Waals surface area (Å²) in [6.45, 7) is 1.90. The standard InChI is InChI=1S/C14H20FNO.ClH/c1-9-6-7-11(15)8-12(9)13(16)14(17)10-4-2-3-5-10;/h6-8,10,13-14,17H,2-5,16H2,1H3;1H/t13-,14+;/m0./s1. The Morgan fingerprint density at radius 3 is 2.56 bits per heavy atom. The maximum Gasteiger partial charge on any atom is 0.123 e. The Balaban J connectivity index is 0.00000162. The highest BCUT2D eigenvalue weighted by molar-refractivity contribution is 5.85. The van der Waals surface area contributed by atoms with E-state index in [4.69, 9.17) is 5.73 Å². The molecular weight excluding hydrogens is 253 g/mol. The summed E-state index contributed by atoms with van der Waals surface area (Å²) in [6.07, 6.45) is 3.83. The minimum atomic E-state index is -0.557. The zero-order valence-electron chi connectivity index (χ0n) is 10.6. The summed E-state index contributed by atoms with van der Waals surface area (Å²) < 4.78 is 13.2. The summed E-state index contributed by atoms with van der Waals surface area (Å²) in [4.78, 5) is 0. The third-order valence-electron chi connectivity index (χ3n) is 3.85. The van der Waals surface area contributed by atoms with Crippen LogP contribution in [0.1, 0.15) is 42.9 Å². The van der Waals surface area contributed by atoms with Crippen LogP contribution in [0.4, 0.5) is 4.39 Å². The molecule has 2 nitrogen and oxygen atoms in total. The van der Waals surface area contributed by atoms with E-state index in [1.807, 2.05) is 6.92 Å². The van der Waals surface area contributed by atoms with E-state index < -0.39 is 12.1 Å². The first kappa shape index (κ1) is 15.4. The van der Waals surface area contributed by atoms with Crippen LogP contribution >= 0.6 is 12.4 Å². The second kappa shape index (κ2) is 6.50. The van der Waals surface area contributed by atoms with Crippen molar-refractivity contribution >= 4 is 12.4 Å². The molecule has 18 heavy (non-hydrogen) atoms. The first-order valence-corrected chi connectivity index (χ1v) is 6.29. The third-order valence-corrected chi connectivity index (χ3v) is 3.85. The zero-order chi connectivity index (χ0) is 12.4. The SMILES string of the molecule is Cc1ccc(F)cc1[C@H](N)[C@H](O)C1CCCC1.Cl. The molecule has 0 aliphatic heterocycles. The average Bonchev–Trinajstić information content (AvgIpc) is 2.84. The Hall–Kier alpha value is -0.640. The maximum atomic E-state index is 13.2. The van der Waals surface area contributed by atoms with Gasteiger partial charge in [0, 0.05) is 0 Å². The monoisotopic (exact) mass is 273 g/mol. The Morgan fingerprint density at radius 1 is 1.33 bits per heavy atom. The van der Waals surface area contributed by atoms with Crippen molar-refractivity contribution in [1.82, 2.24) is 0 Å². The van der Waals surface area contributed by atoms with Crippen molar-refractivity contribution in [1.29, 1.82) is 0 Å². The lowest BCUT2D eigenvalue weighted by Crippen LogP contribution is -2.32. The molecule has 0 radical (unpaired) electrons. The molecule has 1 saturated carbocycles. The second-order valence-electron chi connectivity index (χ2n) is 5.06. The van der Waals surface area contributed by atoms with Crippen molar-refractivity contribution in [2.75, 3.05) is 0 Å². The maximum absolute atomic E-state index is 13.2. The first-order chi connectivity index (χ1) is 8.09. The van der Waals surface area contributed by atoms with Crippen LogP contribution in [-0.4, -0.2) is 11.2 Å². The van der Waals surface area contributed by atoms with Crippen LogP contribution in [0.15, 0.2) is 18.2 Å². The van der Waals surface area contributed by atoms with Gasteiger partial charge in [-0.05, 0) is 48.9 Å². The molecule has 1 aromatic carbocycles. The molecule has 0 unspecified atom stereocenters. The number of rotatable bonds is 3. The predicted octanol–water partition coefficient (Wildman–Crippen LogP) is 3.11. The number of nitrogens with two attached hydrogens (primary N) is 1. The molecule has 0 spiro atoms. The van der Waals surface area contributed by atoms with Crippen LogP contribution in [0.25, 0.3) is 0 Å². The molecule has 1 fully saturated rings. The van der Waals surface area contributed by atoms with Gasteiger partial charge in [-0.3, -0.25) is 0 Å². The van der Waals surface area contributed by atoms with E-state index in [0.29, 0.717) is 0 Å². The fourth-order valence-electron chi connectivity index (χ4n) is 2.75. The van der Waals surface area contributed by atoms with Gasteiger partial charge >= 0.3 is 0 Å². The Morgan fingerprint density at radius 2 is 1.94 bits per heavy atom. The van der Waals surface area contributed by atoms with E-state index in [1.165, 1.54) is 12.1 Å². The van der Waals surface area contributed by atoms with Crippen molar-refractivity contribution in [2.24, 2.45) is 11.7 Å². The van der Waals surface area contributed by atoms with Crippen molar-refractivity contribution in [3.63, 3.8) is 0 Å². The fraction of sp³-hybridized carbons (Fsp3) is 0.571. The van der Waals surface area contributed by atoms with Crippen LogP contribution < -0.4 is 5.73 Å². The van der Waals surface area contributed by atoms with E-state index >= 15 is 0 Å². The third kappa shape index (κ3) is 3.22. The van der Waals surface area contributed by atoms with Gasteiger partial charge < -0.3 is 10.8 Å². The summed E-state index contributed by atoms with van der Waals surface area (Å²) in [5.74, 6) is -0.0210. The Labute approximate surface area is 114 Å². The molecule has 0 amide bonds. The number of aliphatic hydroxyl groups is 1. The minimum Gasteiger partial charge on any atom is -0.391 e. The minimum absolute atomic E-state index is 0. The van der Waals surface area contributed by atoms with Crippen LogP contribution in [0.2, 0.25) is 0 Å². The van der Waals surface area contributed by atoms with Crippen LogP contribution in [-0.2, 0) is 0 Å². The van der Waals surface area contributed by atoms with E-state index in [2.05, 4.69) is 0 Å². The van der Waals surface area contributed by atoms with Crippen molar-refractivity contribution < 1.29 is 9.50 Å². The van der Waals surface area contributed by atoms with E-state index in [1.54, 1.807) is 6.07 Å². The molecule has 1 aliphatic rings. The van der Waals surface area contributed by atoms with Gasteiger partial charge in [0.1, 0.15) is 5.82 Å². The van der Waals surface area contributed by atoms with Crippen LogP contribution in [0.3, 0.4) is 0 Å². The van der Waals surface area contributed by atoms with Crippen molar-refractivity contribution in [2.45, 2.75) is 44.8 Å². The Bertz CT molecular complexity index is 393. The summed E-state index contributed by atoms with van der Waals surface area (Å²) >= 11 is 0. The lowest BCUT2D eigenvalue weighted by molar-refractivity contribution is 0.0842. The molecule has 1 aliphatic carbocycles. The number of aliphatic hydroxyl groups excluding tert-OH is 1. The van der Waals surface area contributed by atoms with Crippen molar-refractivity contribution in [3.8, 4) is 0 Å². The zero-order valence-corrected chi connectivity index (χ0v) is 11.4. The lowest BCUT2D eigenvalue weighted by atomic mass is 9.89. The van der Waals surface area contributed by atoms with E-state index in [-0.39, 0.29) is 24.1 Å². The molecule has 0 aromatic heterocycles. The average molecular weight is 274 g/mol. The second-order valence-corrected chi connectivity index (χ2v) is 5.06. The van der Waals surface area contributed by atoms with Crippen LogP contribution in [0.5, 0.6) is 0 Å². The fourth-order valence-corrected chi connectivity index (χ4v) is 2.75. The molecule has 2 atom stereocenters. The number of aryl methyl sites for hydroxylation is 1. The van der Waals surface area contributed by atoms with Gasteiger partial charge in [-0.1, -0.05) is 18.9 Å². The molecule has 102 valence electrons. The van der Waals surface area contributed by atoms with E-state index in [9.17, 15) is 9.50 Å². The van der Waals surface area contributed by atoms with Gasteiger partial charge in [-0.2, -0.15) is 0 Å².